The third-order valence-corrected chi connectivity index (χ3v) is 6.16. The molecule has 2 aliphatic rings. The van der Waals surface area contributed by atoms with Crippen LogP contribution in [0.1, 0.15) is 25.0 Å². The Morgan fingerprint density at radius 1 is 1.33 bits per heavy atom. The molecule has 2 unspecified atom stereocenters. The van der Waals surface area contributed by atoms with Crippen LogP contribution in [-0.2, 0) is 16.1 Å². The van der Waals surface area contributed by atoms with Crippen LogP contribution in [0.2, 0.25) is 5.02 Å². The minimum absolute atomic E-state index is 0.0453. The number of nitrogens with one attached hydrogen (secondary N) is 3. The summed E-state index contributed by atoms with van der Waals surface area (Å²) in [6, 6.07) is 6.93. The van der Waals surface area contributed by atoms with Gasteiger partial charge in [0, 0.05) is 48.2 Å². The van der Waals surface area contributed by atoms with Gasteiger partial charge in [0.25, 0.3) is 0 Å². The number of likely N-dealkylation sites (tertiary alicyclic amines) is 1. The molecular formula is C21H26ClN5O3. The molecule has 4 rings (SSSR count). The lowest BCUT2D eigenvalue weighted by molar-refractivity contribution is -0.135. The molecule has 2 saturated heterocycles. The van der Waals surface area contributed by atoms with E-state index < -0.39 is 6.04 Å². The van der Waals surface area contributed by atoms with Gasteiger partial charge in [-0.1, -0.05) is 11.6 Å². The van der Waals surface area contributed by atoms with E-state index in [1.165, 1.54) is 0 Å². The maximum absolute atomic E-state index is 12.7. The van der Waals surface area contributed by atoms with Crippen LogP contribution in [0.25, 0.3) is 10.9 Å². The number of aromatic amines is 1. The largest absolute Gasteiger partial charge is 0.357 e. The van der Waals surface area contributed by atoms with Crippen molar-refractivity contribution in [3.8, 4) is 0 Å². The first-order chi connectivity index (χ1) is 14.4. The first-order valence-corrected chi connectivity index (χ1v) is 10.6. The van der Waals surface area contributed by atoms with Crippen molar-refractivity contribution in [3.63, 3.8) is 0 Å². The number of carbonyl (C=O) groups excluding carboxylic acids is 3. The molecule has 3 amide bonds. The molecule has 8 nitrogen and oxygen atoms in total. The number of urea groups is 1. The van der Waals surface area contributed by atoms with Crippen LogP contribution in [0, 0.1) is 0 Å². The lowest BCUT2D eigenvalue weighted by Crippen LogP contribution is -2.55. The molecule has 0 spiro atoms. The number of hydrogen-bond acceptors (Lipinski definition) is 4. The Morgan fingerprint density at radius 2 is 2.17 bits per heavy atom. The quantitative estimate of drug-likeness (QED) is 0.688. The van der Waals surface area contributed by atoms with Crippen LogP contribution in [-0.4, -0.2) is 71.3 Å². The van der Waals surface area contributed by atoms with E-state index in [-0.39, 0.29) is 36.7 Å². The van der Waals surface area contributed by atoms with E-state index >= 15 is 0 Å². The number of Topliss-reactive ketones (excluding diaryl/α,β-unsaturated/α-hetero) is 1. The summed E-state index contributed by atoms with van der Waals surface area (Å²) in [6.45, 7) is 1.78. The predicted molar refractivity (Wildman–Crippen MR) is 114 cm³/mol. The molecule has 3 N–H and O–H groups in total. The van der Waals surface area contributed by atoms with Gasteiger partial charge < -0.3 is 20.1 Å². The van der Waals surface area contributed by atoms with Crippen molar-refractivity contribution in [3.05, 3.63) is 35.0 Å². The van der Waals surface area contributed by atoms with Crippen molar-refractivity contribution >= 4 is 40.2 Å². The van der Waals surface area contributed by atoms with Crippen LogP contribution < -0.4 is 10.6 Å². The van der Waals surface area contributed by atoms with E-state index in [0.29, 0.717) is 24.7 Å². The van der Waals surface area contributed by atoms with Crippen LogP contribution in [0.5, 0.6) is 0 Å². The summed E-state index contributed by atoms with van der Waals surface area (Å²) in [4.78, 5) is 43.5. The lowest BCUT2D eigenvalue weighted by Gasteiger charge is -2.38. The van der Waals surface area contributed by atoms with Crippen molar-refractivity contribution in [2.45, 2.75) is 37.9 Å². The number of aromatic nitrogens is 1. The van der Waals surface area contributed by atoms with E-state index in [1.807, 2.05) is 24.3 Å². The Balaban J connectivity index is 1.32. The molecule has 2 fully saturated rings. The Bertz CT molecular complexity index is 975. The number of H-pyrrole nitrogens is 1. The summed E-state index contributed by atoms with van der Waals surface area (Å²) in [5, 5.41) is 7.59. The first kappa shape index (κ1) is 20.7. The molecular weight excluding hydrogens is 406 g/mol. The smallest absolute Gasteiger partial charge is 0.317 e. The second kappa shape index (κ2) is 8.65. The number of amides is 3. The summed E-state index contributed by atoms with van der Waals surface area (Å²) in [6.07, 6.45) is 1.93. The van der Waals surface area contributed by atoms with Gasteiger partial charge in [-0.05, 0) is 37.1 Å². The molecule has 2 aliphatic heterocycles. The number of ketones is 1. The zero-order chi connectivity index (χ0) is 21.3. The average molecular weight is 432 g/mol. The number of piperidine rings is 1. The highest BCUT2D eigenvalue weighted by molar-refractivity contribution is 6.31. The topological polar surface area (TPSA) is 97.5 Å². The minimum atomic E-state index is -0.425. The summed E-state index contributed by atoms with van der Waals surface area (Å²) >= 11 is 6.03. The normalized spacial score (nSPS) is 21.8. The maximum Gasteiger partial charge on any atom is 0.317 e. The van der Waals surface area contributed by atoms with Gasteiger partial charge in [-0.25, -0.2) is 4.79 Å². The van der Waals surface area contributed by atoms with Gasteiger partial charge in [-0.3, -0.25) is 14.9 Å². The number of nitrogens with zero attached hydrogens (tertiary/aromatic N) is 2. The van der Waals surface area contributed by atoms with E-state index in [4.69, 9.17) is 11.6 Å². The number of fused-ring (bicyclic) bond motifs is 1. The average Bonchev–Trinajstić information content (AvgIpc) is 3.36. The molecule has 3 heterocycles. The SMILES string of the molecule is CN(C(=O)NCc1cc2cc(Cl)ccc2[nH]1)C1CCCN(C(=O)C2CC(=O)CN2)C1. The zero-order valence-corrected chi connectivity index (χ0v) is 17.7. The molecule has 0 saturated carbocycles. The Hall–Kier alpha value is -2.58. The van der Waals surface area contributed by atoms with Gasteiger partial charge in [-0.15, -0.1) is 0 Å². The summed E-state index contributed by atoms with van der Waals surface area (Å²) < 4.78 is 0. The van der Waals surface area contributed by atoms with E-state index in [9.17, 15) is 14.4 Å². The Kier molecular flexibility index (Phi) is 5.97. The molecule has 1 aromatic heterocycles. The third-order valence-electron chi connectivity index (χ3n) is 5.92. The molecule has 30 heavy (non-hydrogen) atoms. The summed E-state index contributed by atoms with van der Waals surface area (Å²) in [5.74, 6) is 0.0220. The summed E-state index contributed by atoms with van der Waals surface area (Å²) in [5.41, 5.74) is 1.86. The van der Waals surface area contributed by atoms with Gasteiger partial charge in [0.2, 0.25) is 5.91 Å². The number of rotatable bonds is 4. The highest BCUT2D eigenvalue weighted by Crippen LogP contribution is 2.21. The molecule has 0 radical (unpaired) electrons. The highest BCUT2D eigenvalue weighted by atomic mass is 35.5. The van der Waals surface area contributed by atoms with E-state index in [2.05, 4.69) is 15.6 Å². The van der Waals surface area contributed by atoms with E-state index in [1.54, 1.807) is 16.8 Å². The standard InChI is InChI=1S/C21H26ClN5O3/c1-26(16-3-2-6-27(12-16)20(29)19-9-17(28)11-23-19)21(30)24-10-15-8-13-7-14(22)4-5-18(13)25-15/h4-5,7-8,16,19,23,25H,2-3,6,9-12H2,1H3,(H,24,30). The van der Waals surface area contributed by atoms with Gasteiger partial charge in [0.05, 0.1) is 25.2 Å². The van der Waals surface area contributed by atoms with Gasteiger partial charge in [0.15, 0.2) is 0 Å². The second-order valence-electron chi connectivity index (χ2n) is 8.05. The molecule has 0 bridgehead atoms. The predicted octanol–water partition coefficient (Wildman–Crippen LogP) is 1.88. The fourth-order valence-corrected chi connectivity index (χ4v) is 4.38. The van der Waals surface area contributed by atoms with Crippen LogP contribution in [0.3, 0.4) is 0 Å². The van der Waals surface area contributed by atoms with Crippen molar-refractivity contribution in [1.82, 2.24) is 25.4 Å². The molecule has 0 aliphatic carbocycles. The monoisotopic (exact) mass is 431 g/mol. The fraction of sp³-hybridized carbons (Fsp3) is 0.476. The van der Waals surface area contributed by atoms with Gasteiger partial charge >= 0.3 is 6.03 Å². The number of halogens is 1. The Morgan fingerprint density at radius 3 is 2.93 bits per heavy atom. The maximum atomic E-state index is 12.7. The van der Waals surface area contributed by atoms with Crippen LogP contribution in [0.4, 0.5) is 4.79 Å². The minimum Gasteiger partial charge on any atom is -0.357 e. The van der Waals surface area contributed by atoms with Gasteiger partial charge in [-0.2, -0.15) is 0 Å². The van der Waals surface area contributed by atoms with Crippen molar-refractivity contribution in [2.24, 2.45) is 0 Å². The van der Waals surface area contributed by atoms with Crippen molar-refractivity contribution in [2.75, 3.05) is 26.7 Å². The molecule has 160 valence electrons. The number of carbonyl (C=O) groups is 3. The van der Waals surface area contributed by atoms with Gasteiger partial charge in [0.1, 0.15) is 5.78 Å². The fourth-order valence-electron chi connectivity index (χ4n) is 4.20. The molecule has 2 aromatic rings. The number of hydrogen-bond donors (Lipinski definition) is 3. The Labute approximate surface area is 179 Å². The van der Waals surface area contributed by atoms with Crippen molar-refractivity contribution < 1.29 is 14.4 Å². The summed E-state index contributed by atoms with van der Waals surface area (Å²) in [7, 11) is 1.76. The highest BCUT2D eigenvalue weighted by Gasteiger charge is 2.34. The number of benzene rings is 1. The van der Waals surface area contributed by atoms with Crippen LogP contribution >= 0.6 is 11.6 Å². The second-order valence-corrected chi connectivity index (χ2v) is 8.49. The molecule has 9 heteroatoms. The van der Waals surface area contributed by atoms with E-state index in [0.717, 1.165) is 29.4 Å². The lowest BCUT2D eigenvalue weighted by atomic mass is 10.0. The molecule has 2 atom stereocenters. The van der Waals surface area contributed by atoms with Crippen LogP contribution in [0.15, 0.2) is 24.3 Å². The molecule has 1 aromatic carbocycles. The number of likely N-dealkylation sites (N-methyl/N-ethyl adjacent to an activating group) is 1. The third kappa shape index (κ3) is 4.44. The van der Waals surface area contributed by atoms with Crippen molar-refractivity contribution in [1.29, 1.82) is 0 Å². The zero-order valence-electron chi connectivity index (χ0n) is 16.9. The first-order valence-electron chi connectivity index (χ1n) is 10.2.